The van der Waals surface area contributed by atoms with Crippen LogP contribution in [0.3, 0.4) is 0 Å². The molecule has 2 aromatic rings. The van der Waals surface area contributed by atoms with Gasteiger partial charge in [0.15, 0.2) is 5.82 Å². The molecule has 0 unspecified atom stereocenters. The van der Waals surface area contributed by atoms with Gasteiger partial charge in [-0.3, -0.25) is 0 Å². The van der Waals surface area contributed by atoms with Crippen molar-refractivity contribution in [3.63, 3.8) is 0 Å². The third kappa shape index (κ3) is 5.85. The summed E-state index contributed by atoms with van der Waals surface area (Å²) >= 11 is 5.87. The van der Waals surface area contributed by atoms with E-state index in [0.717, 1.165) is 36.8 Å². The first-order valence-corrected chi connectivity index (χ1v) is 8.07. The lowest BCUT2D eigenvalue weighted by molar-refractivity contribution is 0.738. The first-order valence-electron chi connectivity index (χ1n) is 7.70. The second kappa shape index (κ2) is 9.20. The minimum atomic E-state index is 0.576. The number of nitrogens with one attached hydrogen (secondary N) is 2. The summed E-state index contributed by atoms with van der Waals surface area (Å²) in [5.74, 6) is 1.31. The zero-order chi connectivity index (χ0) is 15.6. The third-order valence-electron chi connectivity index (χ3n) is 3.26. The van der Waals surface area contributed by atoms with Crippen molar-refractivity contribution in [2.24, 2.45) is 0 Å². The average Bonchev–Trinajstić information content (AvgIpc) is 2.54. The number of unbranched alkanes of at least 4 members (excludes halogenated alkanes) is 2. The van der Waals surface area contributed by atoms with E-state index in [1.807, 2.05) is 24.3 Å². The van der Waals surface area contributed by atoms with E-state index in [0.29, 0.717) is 5.95 Å². The van der Waals surface area contributed by atoms with Crippen molar-refractivity contribution in [1.82, 2.24) is 15.2 Å². The summed E-state index contributed by atoms with van der Waals surface area (Å²) in [5, 5.41) is 15.2. The summed E-state index contributed by atoms with van der Waals surface area (Å²) in [4.78, 5) is 4.40. The van der Waals surface area contributed by atoms with Crippen molar-refractivity contribution in [2.45, 2.75) is 32.6 Å². The molecule has 0 amide bonds. The van der Waals surface area contributed by atoms with Crippen LogP contribution in [0.5, 0.6) is 0 Å². The number of aromatic nitrogens is 3. The predicted molar refractivity (Wildman–Crippen MR) is 91.5 cm³/mol. The Labute approximate surface area is 136 Å². The minimum absolute atomic E-state index is 0.576. The van der Waals surface area contributed by atoms with Crippen LogP contribution in [-0.2, 0) is 6.42 Å². The number of hydrogen-bond donors (Lipinski definition) is 2. The van der Waals surface area contributed by atoms with Crippen molar-refractivity contribution in [1.29, 1.82) is 0 Å². The molecule has 1 aromatic heterocycles. The Hall–Kier alpha value is -1.88. The van der Waals surface area contributed by atoms with Crippen LogP contribution in [0.15, 0.2) is 30.5 Å². The minimum Gasteiger partial charge on any atom is -0.368 e. The van der Waals surface area contributed by atoms with Gasteiger partial charge >= 0.3 is 0 Å². The lowest BCUT2D eigenvalue weighted by Gasteiger charge is -2.07. The molecule has 1 aromatic carbocycles. The molecule has 0 fully saturated rings. The quantitative estimate of drug-likeness (QED) is 0.689. The van der Waals surface area contributed by atoms with Gasteiger partial charge in [0.1, 0.15) is 0 Å². The van der Waals surface area contributed by atoms with Gasteiger partial charge in [-0.15, -0.1) is 5.10 Å². The Balaban J connectivity index is 1.76. The summed E-state index contributed by atoms with van der Waals surface area (Å²) < 4.78 is 0. The number of anilines is 2. The number of nitrogens with zero attached hydrogens (tertiary/aromatic N) is 3. The molecule has 0 radical (unpaired) electrons. The number of rotatable bonds is 9. The first kappa shape index (κ1) is 16.5. The summed E-state index contributed by atoms with van der Waals surface area (Å²) in [7, 11) is 0. The largest absolute Gasteiger partial charge is 0.368 e. The van der Waals surface area contributed by atoms with Gasteiger partial charge in [0.25, 0.3) is 0 Å². The highest BCUT2D eigenvalue weighted by Gasteiger charge is 2.00. The van der Waals surface area contributed by atoms with Crippen LogP contribution in [-0.4, -0.2) is 28.3 Å². The fourth-order valence-corrected chi connectivity index (χ4v) is 2.15. The van der Waals surface area contributed by atoms with E-state index in [4.69, 9.17) is 11.6 Å². The highest BCUT2D eigenvalue weighted by Crippen LogP contribution is 2.10. The normalized spacial score (nSPS) is 10.5. The van der Waals surface area contributed by atoms with E-state index >= 15 is 0 Å². The molecule has 0 spiro atoms. The number of halogens is 1. The maximum Gasteiger partial charge on any atom is 0.244 e. The molecule has 0 saturated carbocycles. The van der Waals surface area contributed by atoms with Gasteiger partial charge < -0.3 is 10.6 Å². The molecule has 22 heavy (non-hydrogen) atoms. The molecule has 5 nitrogen and oxygen atoms in total. The van der Waals surface area contributed by atoms with E-state index in [2.05, 4.69) is 32.7 Å². The number of hydrogen-bond acceptors (Lipinski definition) is 5. The molecular formula is C16H22ClN5. The summed E-state index contributed by atoms with van der Waals surface area (Å²) in [6, 6.07) is 7.87. The van der Waals surface area contributed by atoms with Crippen LogP contribution >= 0.6 is 11.6 Å². The SMILES string of the molecule is CCCCCNc1nncc(NCCc2ccc(Cl)cc2)n1. The standard InChI is InChI=1S/C16H22ClN5/c1-2-3-4-10-19-16-21-15(12-20-22-16)18-11-9-13-5-7-14(17)8-6-13/h5-8,12H,2-4,9-11H2,1H3,(H2,18,19,21,22). The van der Waals surface area contributed by atoms with Crippen LogP contribution in [0, 0.1) is 0 Å². The molecule has 0 saturated heterocycles. The van der Waals surface area contributed by atoms with E-state index in [1.165, 1.54) is 18.4 Å². The second-order valence-corrected chi connectivity index (χ2v) is 5.54. The molecule has 0 aliphatic heterocycles. The Morgan fingerprint density at radius 2 is 1.86 bits per heavy atom. The molecule has 1 heterocycles. The first-order chi connectivity index (χ1) is 10.8. The van der Waals surface area contributed by atoms with Gasteiger partial charge in [0.05, 0.1) is 6.20 Å². The maximum absolute atomic E-state index is 5.87. The van der Waals surface area contributed by atoms with Crippen LogP contribution in [0.25, 0.3) is 0 Å². The van der Waals surface area contributed by atoms with Crippen molar-refractivity contribution in [3.8, 4) is 0 Å². The fourth-order valence-electron chi connectivity index (χ4n) is 2.02. The van der Waals surface area contributed by atoms with Crippen molar-refractivity contribution >= 4 is 23.4 Å². The molecule has 0 aliphatic rings. The Morgan fingerprint density at radius 3 is 2.64 bits per heavy atom. The van der Waals surface area contributed by atoms with E-state index in [-0.39, 0.29) is 0 Å². The molecule has 2 rings (SSSR count). The van der Waals surface area contributed by atoms with Gasteiger partial charge in [0.2, 0.25) is 5.95 Å². The average molecular weight is 320 g/mol. The van der Waals surface area contributed by atoms with E-state index in [1.54, 1.807) is 6.20 Å². The van der Waals surface area contributed by atoms with Gasteiger partial charge in [-0.05, 0) is 30.5 Å². The topological polar surface area (TPSA) is 62.7 Å². The van der Waals surface area contributed by atoms with Gasteiger partial charge in [0, 0.05) is 18.1 Å². The van der Waals surface area contributed by atoms with Crippen LogP contribution in [0.4, 0.5) is 11.8 Å². The summed E-state index contributed by atoms with van der Waals surface area (Å²) in [6.45, 7) is 3.85. The molecule has 0 bridgehead atoms. The van der Waals surface area contributed by atoms with Crippen LogP contribution < -0.4 is 10.6 Å². The zero-order valence-corrected chi connectivity index (χ0v) is 13.6. The lowest BCUT2D eigenvalue weighted by Crippen LogP contribution is -2.10. The highest BCUT2D eigenvalue weighted by molar-refractivity contribution is 6.30. The fraction of sp³-hybridized carbons (Fsp3) is 0.438. The molecule has 0 aliphatic carbocycles. The van der Waals surface area contributed by atoms with Crippen molar-refractivity contribution < 1.29 is 0 Å². The molecule has 0 atom stereocenters. The van der Waals surface area contributed by atoms with Gasteiger partial charge in [-0.25, -0.2) is 0 Å². The van der Waals surface area contributed by atoms with Crippen molar-refractivity contribution in [3.05, 3.63) is 41.0 Å². The monoisotopic (exact) mass is 319 g/mol. The van der Waals surface area contributed by atoms with Gasteiger partial charge in [-0.1, -0.05) is 43.5 Å². The van der Waals surface area contributed by atoms with E-state index in [9.17, 15) is 0 Å². The zero-order valence-electron chi connectivity index (χ0n) is 12.8. The van der Waals surface area contributed by atoms with E-state index < -0.39 is 0 Å². The smallest absolute Gasteiger partial charge is 0.244 e. The predicted octanol–water partition coefficient (Wildman–Crippen LogP) is 3.78. The Morgan fingerprint density at radius 1 is 1.05 bits per heavy atom. The molecule has 6 heteroatoms. The van der Waals surface area contributed by atoms with Crippen LogP contribution in [0.1, 0.15) is 31.7 Å². The maximum atomic E-state index is 5.87. The third-order valence-corrected chi connectivity index (χ3v) is 3.51. The van der Waals surface area contributed by atoms with Crippen molar-refractivity contribution in [2.75, 3.05) is 23.7 Å². The summed E-state index contributed by atoms with van der Waals surface area (Å²) in [6.07, 6.45) is 6.07. The molecule has 2 N–H and O–H groups in total. The highest BCUT2D eigenvalue weighted by atomic mass is 35.5. The Kier molecular flexibility index (Phi) is 6.90. The molecular weight excluding hydrogens is 298 g/mol. The molecule has 118 valence electrons. The lowest BCUT2D eigenvalue weighted by atomic mass is 10.1. The summed E-state index contributed by atoms with van der Waals surface area (Å²) in [5.41, 5.74) is 1.23. The van der Waals surface area contributed by atoms with Gasteiger partial charge in [-0.2, -0.15) is 10.1 Å². The second-order valence-electron chi connectivity index (χ2n) is 5.10. The Bertz CT molecular complexity index is 559. The number of benzene rings is 1. The van der Waals surface area contributed by atoms with Crippen LogP contribution in [0.2, 0.25) is 5.02 Å².